The van der Waals surface area contributed by atoms with Crippen molar-refractivity contribution >= 4 is 17.1 Å². The molecule has 1 aromatic carbocycles. The lowest BCUT2D eigenvalue weighted by molar-refractivity contribution is -0.383. The third-order valence-corrected chi connectivity index (χ3v) is 3.30. The monoisotopic (exact) mass is 249 g/mol. The molecule has 0 aliphatic heterocycles. The molecule has 0 bridgehead atoms. The number of para-hydroxylation sites is 1. The van der Waals surface area contributed by atoms with Gasteiger partial charge in [-0.1, -0.05) is 6.07 Å². The molecule has 18 heavy (non-hydrogen) atoms. The molecule has 0 aromatic heterocycles. The van der Waals surface area contributed by atoms with E-state index >= 15 is 0 Å². The van der Waals surface area contributed by atoms with E-state index in [-0.39, 0.29) is 10.6 Å². The van der Waals surface area contributed by atoms with Crippen molar-refractivity contribution in [1.29, 1.82) is 0 Å². The summed E-state index contributed by atoms with van der Waals surface area (Å²) in [5, 5.41) is 17.5. The van der Waals surface area contributed by atoms with E-state index in [1.54, 1.807) is 12.1 Å². The van der Waals surface area contributed by atoms with E-state index in [2.05, 4.69) is 17.6 Å². The molecule has 1 aliphatic carbocycles. The van der Waals surface area contributed by atoms with Crippen molar-refractivity contribution in [2.75, 3.05) is 17.2 Å². The first-order valence-corrected chi connectivity index (χ1v) is 6.41. The summed E-state index contributed by atoms with van der Waals surface area (Å²) in [6, 6.07) is 5.65. The van der Waals surface area contributed by atoms with Crippen LogP contribution in [0, 0.1) is 16.0 Å². The van der Waals surface area contributed by atoms with Crippen LogP contribution in [0.15, 0.2) is 18.2 Å². The first-order valence-electron chi connectivity index (χ1n) is 6.41. The predicted molar refractivity (Wildman–Crippen MR) is 73.1 cm³/mol. The zero-order valence-corrected chi connectivity index (χ0v) is 10.8. The number of nitrogens with one attached hydrogen (secondary N) is 2. The summed E-state index contributed by atoms with van der Waals surface area (Å²) in [4.78, 5) is 10.9. The van der Waals surface area contributed by atoms with Crippen molar-refractivity contribution in [3.05, 3.63) is 28.3 Å². The number of rotatable bonds is 6. The highest BCUT2D eigenvalue weighted by Gasteiger charge is 2.29. The maximum absolute atomic E-state index is 11.2. The summed E-state index contributed by atoms with van der Waals surface area (Å²) in [6.45, 7) is 4.68. The summed E-state index contributed by atoms with van der Waals surface area (Å²) in [7, 11) is 0. The lowest BCUT2D eigenvalue weighted by atomic mass is 10.1. The van der Waals surface area contributed by atoms with E-state index in [1.165, 1.54) is 12.8 Å². The molecule has 0 saturated heterocycles. The number of anilines is 2. The minimum absolute atomic E-state index is 0.145. The number of hydrogen-bond donors (Lipinski definition) is 2. The van der Waals surface area contributed by atoms with Gasteiger partial charge in [0.05, 0.1) is 4.92 Å². The molecule has 0 amide bonds. The Morgan fingerprint density at radius 1 is 1.44 bits per heavy atom. The molecule has 1 unspecified atom stereocenters. The largest absolute Gasteiger partial charge is 0.380 e. The smallest absolute Gasteiger partial charge is 0.315 e. The van der Waals surface area contributed by atoms with Gasteiger partial charge < -0.3 is 10.6 Å². The molecule has 0 heterocycles. The van der Waals surface area contributed by atoms with Gasteiger partial charge in [0, 0.05) is 12.6 Å². The molecule has 1 fully saturated rings. The third-order valence-electron chi connectivity index (χ3n) is 3.30. The highest BCUT2D eigenvalue weighted by molar-refractivity contribution is 5.76. The minimum Gasteiger partial charge on any atom is -0.380 e. The van der Waals surface area contributed by atoms with Crippen molar-refractivity contribution in [3.8, 4) is 0 Å². The van der Waals surface area contributed by atoms with Crippen LogP contribution in [0.2, 0.25) is 0 Å². The normalized spacial score (nSPS) is 16.1. The van der Waals surface area contributed by atoms with E-state index in [0.717, 1.165) is 0 Å². The minimum atomic E-state index is -0.319. The molecule has 0 radical (unpaired) electrons. The SMILES string of the molecule is CCNc1cccc(NC(C)C2CC2)c1[N+](=O)[O-]. The highest BCUT2D eigenvalue weighted by Crippen LogP contribution is 2.37. The molecule has 0 spiro atoms. The number of nitrogens with zero attached hydrogens (tertiary/aromatic N) is 1. The molecule has 98 valence electrons. The number of benzene rings is 1. The number of nitro groups is 1. The molecular weight excluding hydrogens is 230 g/mol. The van der Waals surface area contributed by atoms with Crippen molar-refractivity contribution in [1.82, 2.24) is 0 Å². The zero-order chi connectivity index (χ0) is 13.1. The van der Waals surface area contributed by atoms with Crippen LogP contribution in [0.4, 0.5) is 17.1 Å². The first-order chi connectivity index (χ1) is 8.63. The third kappa shape index (κ3) is 2.72. The van der Waals surface area contributed by atoms with Crippen LogP contribution in [0.3, 0.4) is 0 Å². The standard InChI is InChI=1S/C13H19N3O2/c1-3-14-11-5-4-6-12(13(11)16(17)18)15-9(2)10-7-8-10/h4-6,9-10,14-15H,3,7-8H2,1-2H3. The average molecular weight is 249 g/mol. The van der Waals surface area contributed by atoms with Gasteiger partial charge in [-0.3, -0.25) is 10.1 Å². The fourth-order valence-corrected chi connectivity index (χ4v) is 2.15. The lowest BCUT2D eigenvalue weighted by Gasteiger charge is -2.16. The van der Waals surface area contributed by atoms with Crippen LogP contribution >= 0.6 is 0 Å². The second-order valence-corrected chi connectivity index (χ2v) is 4.76. The van der Waals surface area contributed by atoms with E-state index in [0.29, 0.717) is 29.9 Å². The molecule has 1 saturated carbocycles. The van der Waals surface area contributed by atoms with Gasteiger partial charge in [-0.05, 0) is 44.7 Å². The van der Waals surface area contributed by atoms with Gasteiger partial charge in [0.2, 0.25) is 0 Å². The van der Waals surface area contributed by atoms with E-state index < -0.39 is 0 Å². The Hall–Kier alpha value is -1.78. The quantitative estimate of drug-likeness (QED) is 0.600. The van der Waals surface area contributed by atoms with E-state index in [4.69, 9.17) is 0 Å². The molecule has 1 atom stereocenters. The Kier molecular flexibility index (Phi) is 3.69. The van der Waals surface area contributed by atoms with Crippen LogP contribution in [-0.2, 0) is 0 Å². The number of hydrogen-bond acceptors (Lipinski definition) is 4. The van der Waals surface area contributed by atoms with Gasteiger partial charge in [-0.15, -0.1) is 0 Å². The van der Waals surface area contributed by atoms with E-state index in [1.807, 2.05) is 13.0 Å². The van der Waals surface area contributed by atoms with Crippen molar-refractivity contribution < 1.29 is 4.92 Å². The Morgan fingerprint density at radius 3 is 2.67 bits per heavy atom. The highest BCUT2D eigenvalue weighted by atomic mass is 16.6. The molecule has 5 heteroatoms. The van der Waals surface area contributed by atoms with Gasteiger partial charge >= 0.3 is 5.69 Å². The maximum atomic E-state index is 11.2. The van der Waals surface area contributed by atoms with Crippen molar-refractivity contribution in [2.45, 2.75) is 32.7 Å². The summed E-state index contributed by atoms with van der Waals surface area (Å²) >= 11 is 0. The van der Waals surface area contributed by atoms with Gasteiger partial charge in [0.15, 0.2) is 0 Å². The zero-order valence-electron chi connectivity index (χ0n) is 10.8. The number of nitro benzene ring substituents is 1. The second kappa shape index (κ2) is 5.25. The molecule has 2 rings (SSSR count). The Bertz CT molecular complexity index is 444. The van der Waals surface area contributed by atoms with Gasteiger partial charge in [-0.25, -0.2) is 0 Å². The van der Waals surface area contributed by atoms with Crippen molar-refractivity contribution in [2.24, 2.45) is 5.92 Å². The fraction of sp³-hybridized carbons (Fsp3) is 0.538. The summed E-state index contributed by atoms with van der Waals surface area (Å²) < 4.78 is 0. The van der Waals surface area contributed by atoms with Crippen LogP contribution in [0.5, 0.6) is 0 Å². The Balaban J connectivity index is 2.26. The summed E-state index contributed by atoms with van der Waals surface area (Å²) in [6.07, 6.45) is 2.43. The Morgan fingerprint density at radius 2 is 2.11 bits per heavy atom. The van der Waals surface area contributed by atoms with E-state index in [9.17, 15) is 10.1 Å². The first kappa shape index (κ1) is 12.7. The second-order valence-electron chi connectivity index (χ2n) is 4.76. The predicted octanol–water partition coefficient (Wildman–Crippen LogP) is 3.24. The summed E-state index contributed by atoms with van der Waals surface area (Å²) in [5.41, 5.74) is 1.33. The average Bonchev–Trinajstić information content (AvgIpc) is 3.12. The molecule has 5 nitrogen and oxygen atoms in total. The topological polar surface area (TPSA) is 67.2 Å². The van der Waals surface area contributed by atoms with Crippen molar-refractivity contribution in [3.63, 3.8) is 0 Å². The molecular formula is C13H19N3O2. The summed E-state index contributed by atoms with van der Waals surface area (Å²) in [5.74, 6) is 0.660. The van der Waals surface area contributed by atoms with Gasteiger partial charge in [0.25, 0.3) is 0 Å². The molecule has 1 aromatic rings. The fourth-order valence-electron chi connectivity index (χ4n) is 2.15. The van der Waals surface area contributed by atoms with Crippen LogP contribution in [0.1, 0.15) is 26.7 Å². The van der Waals surface area contributed by atoms with Crippen LogP contribution < -0.4 is 10.6 Å². The maximum Gasteiger partial charge on any atom is 0.315 e. The Labute approximate surface area is 107 Å². The van der Waals surface area contributed by atoms with Gasteiger partial charge in [0.1, 0.15) is 11.4 Å². The lowest BCUT2D eigenvalue weighted by Crippen LogP contribution is -2.18. The molecule has 1 aliphatic rings. The van der Waals surface area contributed by atoms with Crippen LogP contribution in [0.25, 0.3) is 0 Å². The van der Waals surface area contributed by atoms with Crippen LogP contribution in [-0.4, -0.2) is 17.5 Å². The molecule has 2 N–H and O–H groups in total. The van der Waals surface area contributed by atoms with Gasteiger partial charge in [-0.2, -0.15) is 0 Å².